The molecule has 6 nitrogen and oxygen atoms in total. The van der Waals surface area contributed by atoms with Gasteiger partial charge >= 0.3 is 5.97 Å². The van der Waals surface area contributed by atoms with Crippen LogP contribution in [0, 0.1) is 5.82 Å². The van der Waals surface area contributed by atoms with E-state index in [0.29, 0.717) is 27.1 Å². The molecular formula is C28H24FN3O3S. The number of carbonyl (C=O) groups is 1. The van der Waals surface area contributed by atoms with Crippen LogP contribution < -0.4 is 14.9 Å². The number of halogens is 1. The number of rotatable bonds is 6. The van der Waals surface area contributed by atoms with Crippen molar-refractivity contribution in [2.75, 3.05) is 6.61 Å². The van der Waals surface area contributed by atoms with Gasteiger partial charge in [0.05, 0.1) is 28.5 Å². The highest BCUT2D eigenvalue weighted by Gasteiger charge is 2.33. The Hall–Kier alpha value is -4.04. The third-order valence-corrected chi connectivity index (χ3v) is 7.12. The number of benzene rings is 2. The Morgan fingerprint density at radius 2 is 1.97 bits per heavy atom. The smallest absolute Gasteiger partial charge is 0.338 e. The Morgan fingerprint density at radius 3 is 2.69 bits per heavy atom. The predicted molar refractivity (Wildman–Crippen MR) is 139 cm³/mol. The van der Waals surface area contributed by atoms with E-state index >= 15 is 0 Å². The summed E-state index contributed by atoms with van der Waals surface area (Å²) in [5.74, 6) is -0.949. The fraction of sp³-hybridized carbons (Fsp3) is 0.179. The van der Waals surface area contributed by atoms with Crippen LogP contribution in [0.2, 0.25) is 0 Å². The Balaban J connectivity index is 1.74. The second kappa shape index (κ2) is 9.54. The fourth-order valence-corrected chi connectivity index (χ4v) is 5.61. The van der Waals surface area contributed by atoms with Crippen LogP contribution in [0.4, 0.5) is 4.39 Å². The number of fused-ring (bicyclic) bond motifs is 2. The van der Waals surface area contributed by atoms with Crippen LogP contribution in [-0.2, 0) is 16.1 Å². The molecule has 0 aliphatic carbocycles. The number of carbonyl (C=O) groups excluding carboxylic acids is 1. The van der Waals surface area contributed by atoms with Crippen LogP contribution in [0.3, 0.4) is 0 Å². The predicted octanol–water partition coefficient (Wildman–Crippen LogP) is 4.08. The molecule has 0 unspecified atom stereocenters. The van der Waals surface area contributed by atoms with Crippen molar-refractivity contribution in [3.63, 3.8) is 0 Å². The zero-order valence-corrected chi connectivity index (χ0v) is 20.7. The Kier molecular flexibility index (Phi) is 6.28. The zero-order chi connectivity index (χ0) is 25.4. The summed E-state index contributed by atoms with van der Waals surface area (Å²) in [6.07, 6.45) is 5.68. The van der Waals surface area contributed by atoms with E-state index in [1.165, 1.54) is 28.0 Å². The molecule has 0 fully saturated rings. The van der Waals surface area contributed by atoms with Gasteiger partial charge in [-0.25, -0.2) is 14.2 Å². The molecule has 1 atom stereocenters. The molecule has 5 rings (SSSR count). The third-order valence-electron chi connectivity index (χ3n) is 6.13. The van der Waals surface area contributed by atoms with Gasteiger partial charge in [-0.15, -0.1) is 6.58 Å². The lowest BCUT2D eigenvalue weighted by atomic mass is 9.96. The van der Waals surface area contributed by atoms with Gasteiger partial charge in [0.15, 0.2) is 4.80 Å². The van der Waals surface area contributed by atoms with Crippen molar-refractivity contribution in [3.8, 4) is 0 Å². The van der Waals surface area contributed by atoms with Crippen LogP contribution in [-0.4, -0.2) is 21.7 Å². The van der Waals surface area contributed by atoms with Gasteiger partial charge in [0.1, 0.15) is 5.82 Å². The van der Waals surface area contributed by atoms with Crippen molar-refractivity contribution < 1.29 is 13.9 Å². The molecule has 3 heterocycles. The number of allylic oxidation sites excluding steroid dienone is 2. The minimum Gasteiger partial charge on any atom is -0.463 e. The molecule has 8 heteroatoms. The maximum absolute atomic E-state index is 13.8. The summed E-state index contributed by atoms with van der Waals surface area (Å²) >= 11 is 1.26. The first kappa shape index (κ1) is 23.7. The van der Waals surface area contributed by atoms with Gasteiger partial charge < -0.3 is 9.30 Å². The van der Waals surface area contributed by atoms with E-state index in [0.717, 1.165) is 16.5 Å². The molecule has 0 N–H and O–H groups in total. The Labute approximate surface area is 210 Å². The van der Waals surface area contributed by atoms with Crippen molar-refractivity contribution in [2.24, 2.45) is 4.99 Å². The molecule has 2 aromatic carbocycles. The third kappa shape index (κ3) is 4.03. The van der Waals surface area contributed by atoms with Gasteiger partial charge in [0, 0.05) is 29.2 Å². The highest BCUT2D eigenvalue weighted by atomic mass is 32.1. The second-order valence-corrected chi connectivity index (χ2v) is 9.41. The number of aromatic nitrogens is 2. The van der Waals surface area contributed by atoms with Crippen molar-refractivity contribution in [1.82, 2.24) is 9.13 Å². The van der Waals surface area contributed by atoms with E-state index in [4.69, 9.17) is 4.74 Å². The van der Waals surface area contributed by atoms with E-state index in [9.17, 15) is 14.0 Å². The van der Waals surface area contributed by atoms with Crippen molar-refractivity contribution in [1.29, 1.82) is 0 Å². The molecular weight excluding hydrogens is 477 g/mol. The highest BCUT2D eigenvalue weighted by Crippen LogP contribution is 2.31. The Bertz CT molecular complexity index is 1710. The lowest BCUT2D eigenvalue weighted by molar-refractivity contribution is -0.139. The number of nitrogens with zero attached hydrogens (tertiary/aromatic N) is 3. The van der Waals surface area contributed by atoms with Crippen LogP contribution >= 0.6 is 11.3 Å². The molecule has 1 aliphatic rings. The average Bonchev–Trinajstić information content (AvgIpc) is 3.36. The molecule has 0 saturated heterocycles. The molecule has 0 amide bonds. The van der Waals surface area contributed by atoms with Crippen LogP contribution in [0.15, 0.2) is 88.4 Å². The number of hydrogen-bond acceptors (Lipinski definition) is 5. The van der Waals surface area contributed by atoms with Crippen LogP contribution in [0.5, 0.6) is 0 Å². The lowest BCUT2D eigenvalue weighted by Gasteiger charge is -2.24. The molecule has 0 spiro atoms. The van der Waals surface area contributed by atoms with E-state index in [2.05, 4.69) is 16.1 Å². The normalized spacial score (nSPS) is 15.6. The molecule has 0 saturated carbocycles. The van der Waals surface area contributed by atoms with E-state index in [1.807, 2.05) is 42.6 Å². The first-order valence-corrected chi connectivity index (χ1v) is 12.4. The summed E-state index contributed by atoms with van der Waals surface area (Å²) in [4.78, 5) is 31.8. The first-order valence-electron chi connectivity index (χ1n) is 11.6. The zero-order valence-electron chi connectivity index (χ0n) is 19.9. The quantitative estimate of drug-likeness (QED) is 0.295. The minimum absolute atomic E-state index is 0.185. The molecule has 182 valence electrons. The maximum Gasteiger partial charge on any atom is 0.338 e. The van der Waals surface area contributed by atoms with E-state index < -0.39 is 17.8 Å². The van der Waals surface area contributed by atoms with Gasteiger partial charge in [-0.1, -0.05) is 47.7 Å². The van der Waals surface area contributed by atoms with Crippen molar-refractivity contribution >= 4 is 34.3 Å². The second-order valence-electron chi connectivity index (χ2n) is 8.40. The number of ether oxygens (including phenoxy) is 1. The molecule has 4 aromatic rings. The summed E-state index contributed by atoms with van der Waals surface area (Å²) in [5.41, 5.74) is 3.01. The number of hydrogen-bond donors (Lipinski definition) is 0. The SMILES string of the molecule is C=CCn1cc(/C=c2\sc3n(c2=O)[C@@H](c2ccc(F)cc2)C(C(=O)OCC)=C(C)N=3)c2ccccc21. The number of para-hydroxylation sites is 1. The summed E-state index contributed by atoms with van der Waals surface area (Å²) in [6.45, 7) is 8.11. The van der Waals surface area contributed by atoms with Crippen LogP contribution in [0.1, 0.15) is 31.0 Å². The van der Waals surface area contributed by atoms with Gasteiger partial charge in [0.25, 0.3) is 5.56 Å². The summed E-state index contributed by atoms with van der Waals surface area (Å²) in [7, 11) is 0. The summed E-state index contributed by atoms with van der Waals surface area (Å²) in [6, 6.07) is 13.0. The Morgan fingerprint density at radius 1 is 1.22 bits per heavy atom. The number of esters is 1. The largest absolute Gasteiger partial charge is 0.463 e. The van der Waals surface area contributed by atoms with Gasteiger partial charge in [0.2, 0.25) is 0 Å². The topological polar surface area (TPSA) is 65.6 Å². The molecule has 0 bridgehead atoms. The standard InChI is InChI=1S/C28H24FN3O3S/c1-4-14-31-16-19(21-8-6-7-9-22(21)31)15-23-26(33)32-25(18-10-12-20(29)13-11-18)24(27(34)35-5-2)17(3)30-28(32)36-23/h4,6-13,15-16,25H,1,5,14H2,2-3H3/b23-15-/t25-/m0/s1. The fourth-order valence-electron chi connectivity index (χ4n) is 4.57. The molecule has 36 heavy (non-hydrogen) atoms. The average molecular weight is 502 g/mol. The summed E-state index contributed by atoms with van der Waals surface area (Å²) < 4.78 is 23.1. The molecule has 1 aliphatic heterocycles. The van der Waals surface area contributed by atoms with Gasteiger partial charge in [-0.2, -0.15) is 0 Å². The monoisotopic (exact) mass is 501 g/mol. The molecule has 2 aromatic heterocycles. The lowest BCUT2D eigenvalue weighted by Crippen LogP contribution is -2.39. The number of thiazole rings is 1. The van der Waals surface area contributed by atoms with Gasteiger partial charge in [-0.3, -0.25) is 9.36 Å². The van der Waals surface area contributed by atoms with Crippen molar-refractivity contribution in [2.45, 2.75) is 26.4 Å². The maximum atomic E-state index is 13.8. The highest BCUT2D eigenvalue weighted by molar-refractivity contribution is 7.07. The van der Waals surface area contributed by atoms with Crippen LogP contribution in [0.25, 0.3) is 17.0 Å². The summed E-state index contributed by atoms with van der Waals surface area (Å²) in [5, 5.41) is 1.02. The van der Waals surface area contributed by atoms with E-state index in [-0.39, 0.29) is 17.7 Å². The van der Waals surface area contributed by atoms with Crippen molar-refractivity contribution in [3.05, 3.63) is 115 Å². The first-order chi connectivity index (χ1) is 17.4. The van der Waals surface area contributed by atoms with Gasteiger partial charge in [-0.05, 0) is 43.7 Å². The van der Waals surface area contributed by atoms with E-state index in [1.54, 1.807) is 26.0 Å². The molecule has 0 radical (unpaired) electrons. The minimum atomic E-state index is -0.773.